The lowest BCUT2D eigenvalue weighted by atomic mass is 10.1. The molecule has 2 aromatic rings. The largest absolute Gasteiger partial charge is 0.497 e. The summed E-state index contributed by atoms with van der Waals surface area (Å²) >= 11 is 1.33. The smallest absolute Gasteiger partial charge is 0.321 e. The van der Waals surface area contributed by atoms with Crippen LogP contribution >= 0.6 is 11.3 Å². The lowest BCUT2D eigenvalue weighted by molar-refractivity contribution is -0.120. The normalized spacial score (nSPS) is 13.9. The number of carbonyl (C=O) groups excluding carboxylic acids is 2. The van der Waals surface area contributed by atoms with Gasteiger partial charge in [0.2, 0.25) is 5.91 Å². The molecule has 7 nitrogen and oxygen atoms in total. The first-order valence-electron chi connectivity index (χ1n) is 9.54. The average Bonchev–Trinajstić information content (AvgIpc) is 3.34. The van der Waals surface area contributed by atoms with Crippen LogP contribution in [0.15, 0.2) is 29.6 Å². The summed E-state index contributed by atoms with van der Waals surface area (Å²) in [5.41, 5.74) is 1.76. The molecule has 1 aromatic carbocycles. The molecule has 1 heterocycles. The van der Waals surface area contributed by atoms with Crippen molar-refractivity contribution in [1.29, 1.82) is 0 Å². The number of hydrogen-bond donors (Lipinski definition) is 3. The van der Waals surface area contributed by atoms with Crippen LogP contribution in [0.2, 0.25) is 0 Å². The first-order valence-corrected chi connectivity index (χ1v) is 10.4. The maximum absolute atomic E-state index is 12.1. The van der Waals surface area contributed by atoms with E-state index < -0.39 is 0 Å². The number of thiazole rings is 1. The molecule has 0 atom stereocenters. The van der Waals surface area contributed by atoms with Gasteiger partial charge >= 0.3 is 6.03 Å². The number of ether oxygens (including phenoxy) is 1. The number of aromatic nitrogens is 1. The highest BCUT2D eigenvalue weighted by Gasteiger charge is 2.17. The van der Waals surface area contributed by atoms with Crippen molar-refractivity contribution in [3.05, 3.63) is 40.9 Å². The minimum absolute atomic E-state index is 0.0878. The highest BCUT2D eigenvalue weighted by Crippen LogP contribution is 2.19. The summed E-state index contributed by atoms with van der Waals surface area (Å²) in [4.78, 5) is 28.4. The van der Waals surface area contributed by atoms with Crippen LogP contribution in [0.4, 0.5) is 9.93 Å². The first kappa shape index (κ1) is 20.1. The number of amides is 3. The van der Waals surface area contributed by atoms with Gasteiger partial charge in [-0.3, -0.25) is 10.1 Å². The Bertz CT molecular complexity index is 802. The molecule has 28 heavy (non-hydrogen) atoms. The number of nitrogens with one attached hydrogen (secondary N) is 3. The third kappa shape index (κ3) is 6.23. The minimum atomic E-state index is -0.226. The van der Waals surface area contributed by atoms with Crippen molar-refractivity contribution < 1.29 is 14.3 Å². The van der Waals surface area contributed by atoms with E-state index in [1.165, 1.54) is 24.2 Å². The van der Waals surface area contributed by atoms with Gasteiger partial charge in [0.05, 0.1) is 19.2 Å². The molecular formula is C20H26N4O3S. The fraction of sp³-hybridized carbons (Fsp3) is 0.450. The van der Waals surface area contributed by atoms with E-state index in [1.807, 2.05) is 24.3 Å². The minimum Gasteiger partial charge on any atom is -0.497 e. The molecule has 0 spiro atoms. The van der Waals surface area contributed by atoms with E-state index >= 15 is 0 Å². The third-order valence-electron chi connectivity index (χ3n) is 4.67. The number of benzene rings is 1. The second-order valence-corrected chi connectivity index (χ2v) is 7.71. The van der Waals surface area contributed by atoms with E-state index in [0.29, 0.717) is 17.4 Å². The van der Waals surface area contributed by atoms with Crippen molar-refractivity contribution in [3.8, 4) is 5.75 Å². The number of methoxy groups -OCH3 is 1. The Morgan fingerprint density at radius 3 is 2.89 bits per heavy atom. The van der Waals surface area contributed by atoms with Gasteiger partial charge < -0.3 is 15.4 Å². The highest BCUT2D eigenvalue weighted by atomic mass is 32.1. The van der Waals surface area contributed by atoms with Gasteiger partial charge in [-0.25, -0.2) is 9.78 Å². The molecule has 0 saturated heterocycles. The number of urea groups is 1. The van der Waals surface area contributed by atoms with Crippen molar-refractivity contribution in [2.45, 2.75) is 44.6 Å². The van der Waals surface area contributed by atoms with Crippen molar-refractivity contribution >= 4 is 28.4 Å². The van der Waals surface area contributed by atoms with Crippen LogP contribution < -0.4 is 20.7 Å². The molecular weight excluding hydrogens is 376 g/mol. The monoisotopic (exact) mass is 402 g/mol. The SMILES string of the molecule is COc1cccc(CCNC(=O)Cc2csc(NC(=O)NC3CCCC3)n2)c1. The topological polar surface area (TPSA) is 92.4 Å². The Morgan fingerprint density at radius 2 is 2.11 bits per heavy atom. The van der Waals surface area contributed by atoms with Crippen molar-refractivity contribution in [1.82, 2.24) is 15.6 Å². The summed E-state index contributed by atoms with van der Waals surface area (Å²) in [6.07, 6.45) is 5.33. The fourth-order valence-electron chi connectivity index (χ4n) is 3.24. The Morgan fingerprint density at radius 1 is 1.29 bits per heavy atom. The van der Waals surface area contributed by atoms with Crippen LogP contribution in [0.5, 0.6) is 5.75 Å². The number of rotatable bonds is 8. The Kier molecular flexibility index (Phi) is 7.25. The number of nitrogens with zero attached hydrogens (tertiary/aromatic N) is 1. The van der Waals surface area contributed by atoms with E-state index in [2.05, 4.69) is 20.9 Å². The molecule has 8 heteroatoms. The second kappa shape index (κ2) is 10.1. The lowest BCUT2D eigenvalue weighted by Crippen LogP contribution is -2.36. The van der Waals surface area contributed by atoms with Crippen LogP contribution in [0, 0.1) is 0 Å². The Balaban J connectivity index is 1.38. The molecule has 1 aliphatic carbocycles. The van der Waals surface area contributed by atoms with Crippen LogP contribution in [-0.4, -0.2) is 36.6 Å². The van der Waals surface area contributed by atoms with Gasteiger partial charge in [-0.15, -0.1) is 11.3 Å². The number of anilines is 1. The van der Waals surface area contributed by atoms with E-state index in [9.17, 15) is 9.59 Å². The fourth-order valence-corrected chi connectivity index (χ4v) is 3.94. The van der Waals surface area contributed by atoms with Gasteiger partial charge in [-0.2, -0.15) is 0 Å². The lowest BCUT2D eigenvalue weighted by Gasteiger charge is -2.11. The highest BCUT2D eigenvalue weighted by molar-refractivity contribution is 7.13. The predicted molar refractivity (Wildman–Crippen MR) is 110 cm³/mol. The van der Waals surface area contributed by atoms with Crippen LogP contribution in [0.25, 0.3) is 0 Å². The number of hydrogen-bond acceptors (Lipinski definition) is 5. The number of carbonyl (C=O) groups is 2. The van der Waals surface area contributed by atoms with Gasteiger partial charge in [0.25, 0.3) is 0 Å². The van der Waals surface area contributed by atoms with E-state index in [-0.39, 0.29) is 24.4 Å². The first-order chi connectivity index (χ1) is 13.6. The maximum Gasteiger partial charge on any atom is 0.321 e. The van der Waals surface area contributed by atoms with Crippen LogP contribution in [0.3, 0.4) is 0 Å². The zero-order valence-corrected chi connectivity index (χ0v) is 16.8. The van der Waals surface area contributed by atoms with E-state index in [4.69, 9.17) is 4.74 Å². The summed E-state index contributed by atoms with van der Waals surface area (Å²) in [5.74, 6) is 0.721. The van der Waals surface area contributed by atoms with Gasteiger partial charge in [-0.1, -0.05) is 25.0 Å². The van der Waals surface area contributed by atoms with Crippen molar-refractivity contribution in [2.75, 3.05) is 19.0 Å². The molecule has 1 saturated carbocycles. The van der Waals surface area contributed by atoms with Crippen molar-refractivity contribution in [3.63, 3.8) is 0 Å². The summed E-state index contributed by atoms with van der Waals surface area (Å²) in [5, 5.41) is 10.9. The molecule has 1 fully saturated rings. The summed E-state index contributed by atoms with van der Waals surface area (Å²) in [7, 11) is 1.64. The third-order valence-corrected chi connectivity index (χ3v) is 5.48. The summed E-state index contributed by atoms with van der Waals surface area (Å²) in [6.45, 7) is 0.547. The zero-order chi connectivity index (χ0) is 19.8. The molecule has 150 valence electrons. The molecule has 0 radical (unpaired) electrons. The molecule has 3 amide bonds. The summed E-state index contributed by atoms with van der Waals surface area (Å²) < 4.78 is 5.20. The zero-order valence-electron chi connectivity index (χ0n) is 16.0. The predicted octanol–water partition coefficient (Wildman–Crippen LogP) is 3.12. The van der Waals surface area contributed by atoms with Crippen LogP contribution in [-0.2, 0) is 17.6 Å². The molecule has 0 unspecified atom stereocenters. The standard InChI is InChI=1S/C20H26N4O3S/c1-27-17-8-4-5-14(11-17)9-10-21-18(25)12-16-13-28-20(23-16)24-19(26)22-15-6-2-3-7-15/h4-5,8,11,13,15H,2-3,6-7,9-10,12H2,1H3,(H,21,25)(H2,22,23,24,26). The van der Waals surface area contributed by atoms with Gasteiger partial charge in [-0.05, 0) is 37.0 Å². The van der Waals surface area contributed by atoms with Gasteiger partial charge in [0, 0.05) is 18.0 Å². The molecule has 3 N–H and O–H groups in total. The van der Waals surface area contributed by atoms with E-state index in [1.54, 1.807) is 12.5 Å². The van der Waals surface area contributed by atoms with Gasteiger partial charge in [0.15, 0.2) is 5.13 Å². The van der Waals surface area contributed by atoms with Gasteiger partial charge in [0.1, 0.15) is 5.75 Å². The van der Waals surface area contributed by atoms with Crippen LogP contribution in [0.1, 0.15) is 36.9 Å². The summed E-state index contributed by atoms with van der Waals surface area (Å²) in [6, 6.07) is 7.82. The molecule has 3 rings (SSSR count). The van der Waals surface area contributed by atoms with E-state index in [0.717, 1.165) is 30.6 Å². The molecule has 0 bridgehead atoms. The molecule has 0 aliphatic heterocycles. The maximum atomic E-state index is 12.1. The Hall–Kier alpha value is -2.61. The molecule has 1 aromatic heterocycles. The van der Waals surface area contributed by atoms with Crippen molar-refractivity contribution in [2.24, 2.45) is 0 Å². The quantitative estimate of drug-likeness (QED) is 0.633. The second-order valence-electron chi connectivity index (χ2n) is 6.85. The average molecular weight is 403 g/mol. The Labute approximate surface area is 168 Å². The molecule has 1 aliphatic rings.